The maximum Gasteiger partial charge on any atom is 0.253 e. The summed E-state index contributed by atoms with van der Waals surface area (Å²) in [6.07, 6.45) is 2.96. The van der Waals surface area contributed by atoms with E-state index in [-0.39, 0.29) is 5.91 Å². The highest BCUT2D eigenvalue weighted by atomic mass is 16.2. The summed E-state index contributed by atoms with van der Waals surface area (Å²) in [5.41, 5.74) is 4.81. The summed E-state index contributed by atoms with van der Waals surface area (Å²) < 4.78 is 2.18. The summed E-state index contributed by atoms with van der Waals surface area (Å²) in [5, 5.41) is 3.51. The molecule has 2 aliphatic rings. The molecule has 4 heterocycles. The van der Waals surface area contributed by atoms with E-state index in [1.165, 1.54) is 11.3 Å². The number of rotatable bonds is 13. The van der Waals surface area contributed by atoms with Crippen LogP contribution in [0.5, 0.6) is 0 Å². The molecule has 0 saturated carbocycles. The molecule has 4 aromatic rings. The third-order valence-corrected chi connectivity index (χ3v) is 9.63. The molecule has 0 spiro atoms. The fraction of sp³-hybridized carbons (Fsp3) is 0.500. The van der Waals surface area contributed by atoms with Crippen LogP contribution in [0.15, 0.2) is 60.9 Å². The number of aromatic nitrogens is 4. The predicted octanol–water partition coefficient (Wildman–Crippen LogP) is 4.27. The van der Waals surface area contributed by atoms with Gasteiger partial charge < -0.3 is 34.4 Å². The van der Waals surface area contributed by atoms with Gasteiger partial charge in [-0.3, -0.25) is 4.79 Å². The average molecular weight is 639 g/mol. The van der Waals surface area contributed by atoms with Crippen molar-refractivity contribution in [2.75, 3.05) is 93.7 Å². The van der Waals surface area contributed by atoms with E-state index in [0.29, 0.717) is 38.7 Å². The number of nitrogens with one attached hydrogen (secondary N) is 1. The smallest absolute Gasteiger partial charge is 0.253 e. The van der Waals surface area contributed by atoms with Crippen molar-refractivity contribution >= 4 is 34.5 Å². The number of amides is 1. The van der Waals surface area contributed by atoms with Crippen molar-refractivity contribution < 1.29 is 4.79 Å². The minimum absolute atomic E-state index is 0.0767. The van der Waals surface area contributed by atoms with Crippen LogP contribution >= 0.6 is 0 Å². The zero-order valence-electron chi connectivity index (χ0n) is 28.3. The molecule has 2 saturated heterocycles. The molecule has 47 heavy (non-hydrogen) atoms. The highest BCUT2D eigenvalue weighted by Gasteiger charge is 2.26. The Hall–Kier alpha value is -4.22. The van der Waals surface area contributed by atoms with E-state index in [1.54, 1.807) is 0 Å². The third kappa shape index (κ3) is 7.85. The minimum atomic E-state index is 0.0767. The number of carbonyl (C=O) groups excluding carboxylic acids is 1. The van der Waals surface area contributed by atoms with Crippen molar-refractivity contribution in [3.8, 4) is 0 Å². The SMILES string of the molecule is CCN1CCN(CCCn2cnc3c(N4CCN(C(=O)c5ccccc5)CC4)nc(NCc4ccc(N(CC)CC)cc4)nc32)CC1. The quantitative estimate of drug-likeness (QED) is 0.231. The Balaban J connectivity index is 1.18. The maximum atomic E-state index is 13.1. The molecule has 6 rings (SSSR count). The van der Waals surface area contributed by atoms with Gasteiger partial charge in [-0.15, -0.1) is 0 Å². The van der Waals surface area contributed by atoms with Crippen LogP contribution in [0.2, 0.25) is 0 Å². The van der Waals surface area contributed by atoms with Gasteiger partial charge in [-0.1, -0.05) is 37.3 Å². The van der Waals surface area contributed by atoms with E-state index < -0.39 is 0 Å². The standard InChI is InChI=1S/C36H50N10O/c1-4-41-19-21-42(22-20-41)17-10-18-46-28-38-32-33(44-23-25-45(26-24-44)35(47)30-11-8-7-9-12-30)39-36(40-34(32)46)37-27-29-13-15-31(16-14-29)43(5-2)6-3/h7-9,11-16,28H,4-6,10,17-27H2,1-3H3,(H,37,39,40). The van der Waals surface area contributed by atoms with E-state index >= 15 is 0 Å². The Morgan fingerprint density at radius 2 is 1.51 bits per heavy atom. The second kappa shape index (κ2) is 15.6. The number of benzene rings is 2. The van der Waals surface area contributed by atoms with E-state index in [9.17, 15) is 4.79 Å². The van der Waals surface area contributed by atoms with Gasteiger partial charge in [0.15, 0.2) is 17.0 Å². The molecule has 1 N–H and O–H groups in total. The van der Waals surface area contributed by atoms with Crippen molar-refractivity contribution in [1.82, 2.24) is 34.2 Å². The Kier molecular flexibility index (Phi) is 10.8. The van der Waals surface area contributed by atoms with Crippen molar-refractivity contribution in [1.29, 1.82) is 0 Å². The number of anilines is 3. The molecule has 1 amide bonds. The highest BCUT2D eigenvalue weighted by molar-refractivity contribution is 5.94. The topological polar surface area (TPSA) is 88.9 Å². The lowest BCUT2D eigenvalue weighted by molar-refractivity contribution is 0.0746. The molecule has 11 nitrogen and oxygen atoms in total. The number of aryl methyl sites for hydroxylation is 1. The first-order chi connectivity index (χ1) is 23.1. The summed E-state index contributed by atoms with van der Waals surface area (Å²) in [7, 11) is 0. The van der Waals surface area contributed by atoms with Crippen molar-refractivity contribution in [2.24, 2.45) is 0 Å². The largest absolute Gasteiger partial charge is 0.372 e. The Labute approximate surface area is 279 Å². The van der Waals surface area contributed by atoms with Gasteiger partial charge in [0.05, 0.1) is 6.33 Å². The predicted molar refractivity (Wildman–Crippen MR) is 190 cm³/mol. The monoisotopic (exact) mass is 638 g/mol. The maximum absolute atomic E-state index is 13.1. The number of hydrogen-bond donors (Lipinski definition) is 1. The van der Waals surface area contributed by atoms with Crippen LogP contribution in [-0.4, -0.2) is 119 Å². The lowest BCUT2D eigenvalue weighted by Gasteiger charge is -2.35. The number of carbonyl (C=O) groups is 1. The summed E-state index contributed by atoms with van der Waals surface area (Å²) in [6, 6.07) is 18.3. The first-order valence-corrected chi connectivity index (χ1v) is 17.4. The van der Waals surface area contributed by atoms with Gasteiger partial charge in [-0.25, -0.2) is 4.98 Å². The number of imidazole rings is 1. The molecule has 2 aromatic carbocycles. The van der Waals surface area contributed by atoms with Crippen LogP contribution in [0.1, 0.15) is 43.1 Å². The zero-order chi connectivity index (χ0) is 32.6. The van der Waals surface area contributed by atoms with Gasteiger partial charge in [0.25, 0.3) is 5.91 Å². The normalized spacial score (nSPS) is 16.1. The molecule has 2 aromatic heterocycles. The van der Waals surface area contributed by atoms with Crippen LogP contribution in [0.3, 0.4) is 0 Å². The van der Waals surface area contributed by atoms with Gasteiger partial charge in [-0.05, 0) is 63.2 Å². The van der Waals surface area contributed by atoms with Gasteiger partial charge in [-0.2, -0.15) is 9.97 Å². The van der Waals surface area contributed by atoms with E-state index in [1.807, 2.05) is 41.6 Å². The van der Waals surface area contributed by atoms with E-state index in [4.69, 9.17) is 15.0 Å². The summed E-state index contributed by atoms with van der Waals surface area (Å²) in [4.78, 5) is 39.6. The van der Waals surface area contributed by atoms with Crippen LogP contribution in [-0.2, 0) is 13.1 Å². The van der Waals surface area contributed by atoms with Crippen LogP contribution in [0, 0.1) is 0 Å². The number of hydrogen-bond acceptors (Lipinski definition) is 9. The van der Waals surface area contributed by atoms with Gasteiger partial charge >= 0.3 is 0 Å². The number of fused-ring (bicyclic) bond motifs is 1. The average Bonchev–Trinajstić information content (AvgIpc) is 3.54. The fourth-order valence-electron chi connectivity index (χ4n) is 6.67. The van der Waals surface area contributed by atoms with Gasteiger partial charge in [0, 0.05) is 89.8 Å². The lowest BCUT2D eigenvalue weighted by Crippen LogP contribution is -2.49. The molecule has 0 unspecified atom stereocenters. The molecule has 11 heteroatoms. The summed E-state index contributed by atoms with van der Waals surface area (Å²) in [5.74, 6) is 1.50. The first kappa shape index (κ1) is 32.7. The van der Waals surface area contributed by atoms with E-state index in [2.05, 4.69) is 74.5 Å². The Morgan fingerprint density at radius 3 is 2.19 bits per heavy atom. The fourth-order valence-corrected chi connectivity index (χ4v) is 6.67. The summed E-state index contributed by atoms with van der Waals surface area (Å²) in [6.45, 7) is 19.5. The van der Waals surface area contributed by atoms with Crippen LogP contribution in [0.4, 0.5) is 17.5 Å². The Morgan fingerprint density at radius 1 is 0.809 bits per heavy atom. The molecule has 250 valence electrons. The highest BCUT2D eigenvalue weighted by Crippen LogP contribution is 2.26. The first-order valence-electron chi connectivity index (χ1n) is 17.4. The third-order valence-electron chi connectivity index (χ3n) is 9.63. The number of nitrogens with zero attached hydrogens (tertiary/aromatic N) is 9. The van der Waals surface area contributed by atoms with E-state index in [0.717, 1.165) is 87.9 Å². The van der Waals surface area contributed by atoms with Crippen molar-refractivity contribution in [3.63, 3.8) is 0 Å². The zero-order valence-corrected chi connectivity index (χ0v) is 28.3. The van der Waals surface area contributed by atoms with Crippen LogP contribution in [0.25, 0.3) is 11.2 Å². The molecule has 2 fully saturated rings. The number of likely N-dealkylation sites (N-methyl/N-ethyl adjacent to an activating group) is 1. The molecule has 0 bridgehead atoms. The van der Waals surface area contributed by atoms with Crippen molar-refractivity contribution in [2.45, 2.75) is 40.3 Å². The van der Waals surface area contributed by atoms with Gasteiger partial charge in [0.2, 0.25) is 5.95 Å². The lowest BCUT2D eigenvalue weighted by atomic mass is 10.2. The second-order valence-electron chi connectivity index (χ2n) is 12.4. The van der Waals surface area contributed by atoms with Gasteiger partial charge in [0.1, 0.15) is 0 Å². The molecular weight excluding hydrogens is 588 g/mol. The number of piperazine rings is 2. The molecule has 0 aliphatic carbocycles. The molecule has 0 atom stereocenters. The van der Waals surface area contributed by atoms with Crippen LogP contribution < -0.4 is 15.1 Å². The molecule has 0 radical (unpaired) electrons. The molecular formula is C36H50N10O. The second-order valence-corrected chi connectivity index (χ2v) is 12.4. The minimum Gasteiger partial charge on any atom is -0.372 e. The molecule has 2 aliphatic heterocycles. The summed E-state index contributed by atoms with van der Waals surface area (Å²) >= 11 is 0. The van der Waals surface area contributed by atoms with Crippen molar-refractivity contribution in [3.05, 3.63) is 72.1 Å². The Bertz CT molecular complexity index is 1570.